The van der Waals surface area contributed by atoms with Crippen LogP contribution in [0.5, 0.6) is 11.5 Å². The molecule has 0 radical (unpaired) electrons. The molecule has 1 aliphatic heterocycles. The van der Waals surface area contributed by atoms with Crippen LogP contribution in [-0.2, 0) is 4.74 Å². The number of hydrogen-bond acceptors (Lipinski definition) is 4. The van der Waals surface area contributed by atoms with E-state index in [9.17, 15) is 10.2 Å². The van der Waals surface area contributed by atoms with Gasteiger partial charge in [-0.2, -0.15) is 0 Å². The fraction of sp³-hybridized carbons (Fsp3) is 0.500. The van der Waals surface area contributed by atoms with E-state index in [-0.39, 0.29) is 18.0 Å². The molecule has 0 unspecified atom stereocenters. The number of fused-ring (bicyclic) bond motifs is 1. The predicted molar refractivity (Wildman–Crippen MR) is 58.6 cm³/mol. The highest BCUT2D eigenvalue weighted by atomic mass is 16.5. The summed E-state index contributed by atoms with van der Waals surface area (Å²) < 4.78 is 10.8. The summed E-state index contributed by atoms with van der Waals surface area (Å²) in [5.41, 5.74) is 1.25. The third-order valence-corrected chi connectivity index (χ3v) is 3.01. The molecule has 3 atom stereocenters. The average molecular weight is 224 g/mol. The van der Waals surface area contributed by atoms with Crippen LogP contribution in [0.15, 0.2) is 12.1 Å². The van der Waals surface area contributed by atoms with Gasteiger partial charge in [-0.05, 0) is 26.0 Å². The monoisotopic (exact) mass is 224 g/mol. The Morgan fingerprint density at radius 2 is 1.94 bits per heavy atom. The smallest absolute Gasteiger partial charge is 0.125 e. The molecule has 1 aliphatic rings. The minimum absolute atomic E-state index is 0.0882. The summed E-state index contributed by atoms with van der Waals surface area (Å²) in [4.78, 5) is 0. The van der Waals surface area contributed by atoms with Crippen LogP contribution in [-0.4, -0.2) is 23.4 Å². The first-order valence-electron chi connectivity index (χ1n) is 5.29. The van der Waals surface area contributed by atoms with Crippen molar-refractivity contribution < 1.29 is 19.7 Å². The molecule has 2 rings (SSSR count). The minimum Gasteiger partial charge on any atom is -0.508 e. The number of benzene rings is 1. The first-order valence-corrected chi connectivity index (χ1v) is 5.29. The Morgan fingerprint density at radius 3 is 2.56 bits per heavy atom. The van der Waals surface area contributed by atoms with Crippen molar-refractivity contribution >= 4 is 0 Å². The Balaban J connectivity index is 2.63. The summed E-state index contributed by atoms with van der Waals surface area (Å²) >= 11 is 0. The summed E-state index contributed by atoms with van der Waals surface area (Å²) in [5.74, 6) is 0.719. The lowest BCUT2D eigenvalue weighted by Gasteiger charge is -2.33. The molecule has 2 N–H and O–H groups in total. The maximum atomic E-state index is 10.0. The van der Waals surface area contributed by atoms with Gasteiger partial charge in [0.25, 0.3) is 0 Å². The van der Waals surface area contributed by atoms with Crippen molar-refractivity contribution in [2.24, 2.45) is 0 Å². The van der Waals surface area contributed by atoms with Crippen molar-refractivity contribution in [3.63, 3.8) is 0 Å². The van der Waals surface area contributed by atoms with Gasteiger partial charge in [0.15, 0.2) is 0 Å². The average Bonchev–Trinajstić information content (AvgIpc) is 2.25. The van der Waals surface area contributed by atoms with Crippen LogP contribution < -0.4 is 4.74 Å². The van der Waals surface area contributed by atoms with Crippen LogP contribution in [0.1, 0.15) is 37.2 Å². The standard InChI is InChI=1S/C12H16O4/c1-6-10-9(15-3)5-4-8(13)11(10)12(14)7(2)16-6/h4-7,12-14H,1-3H3/t6-,7+,12+/m1/s1. The van der Waals surface area contributed by atoms with E-state index >= 15 is 0 Å². The van der Waals surface area contributed by atoms with Crippen LogP contribution in [0, 0.1) is 0 Å². The van der Waals surface area contributed by atoms with E-state index in [0.717, 1.165) is 5.56 Å². The van der Waals surface area contributed by atoms with Gasteiger partial charge < -0.3 is 19.7 Å². The first kappa shape index (κ1) is 11.2. The van der Waals surface area contributed by atoms with E-state index in [0.29, 0.717) is 11.3 Å². The molecule has 1 heterocycles. The zero-order chi connectivity index (χ0) is 11.9. The Hall–Kier alpha value is -1.26. The molecule has 0 aliphatic carbocycles. The highest BCUT2D eigenvalue weighted by molar-refractivity contribution is 5.51. The second-order valence-corrected chi connectivity index (χ2v) is 4.04. The SMILES string of the molecule is COc1ccc(O)c2c1[C@@H](C)O[C@@H](C)[C@@H]2O. The lowest BCUT2D eigenvalue weighted by Crippen LogP contribution is -2.27. The molecule has 4 heteroatoms. The molecule has 0 saturated carbocycles. The highest BCUT2D eigenvalue weighted by Gasteiger charge is 2.34. The van der Waals surface area contributed by atoms with Crippen LogP contribution in [0.2, 0.25) is 0 Å². The number of phenols is 1. The molecule has 4 nitrogen and oxygen atoms in total. The third kappa shape index (κ3) is 1.54. The summed E-state index contributed by atoms with van der Waals surface area (Å²) in [6.07, 6.45) is -1.35. The van der Waals surface area contributed by atoms with E-state index in [1.165, 1.54) is 6.07 Å². The lowest BCUT2D eigenvalue weighted by molar-refractivity contribution is -0.0825. The van der Waals surface area contributed by atoms with E-state index in [4.69, 9.17) is 9.47 Å². The van der Waals surface area contributed by atoms with Gasteiger partial charge in [0.05, 0.1) is 19.3 Å². The lowest BCUT2D eigenvalue weighted by atomic mass is 9.91. The number of aromatic hydroxyl groups is 1. The Bertz CT molecular complexity index is 402. The zero-order valence-corrected chi connectivity index (χ0v) is 9.60. The van der Waals surface area contributed by atoms with Crippen LogP contribution in [0.4, 0.5) is 0 Å². The van der Waals surface area contributed by atoms with Crippen LogP contribution in [0.3, 0.4) is 0 Å². The van der Waals surface area contributed by atoms with Crippen LogP contribution >= 0.6 is 0 Å². The van der Waals surface area contributed by atoms with Crippen molar-refractivity contribution in [1.82, 2.24) is 0 Å². The Morgan fingerprint density at radius 1 is 1.25 bits per heavy atom. The number of phenolic OH excluding ortho intramolecular Hbond substituents is 1. The van der Waals surface area contributed by atoms with E-state index in [1.807, 2.05) is 6.92 Å². The van der Waals surface area contributed by atoms with Gasteiger partial charge in [-0.15, -0.1) is 0 Å². The number of rotatable bonds is 1. The number of ether oxygens (including phenoxy) is 2. The van der Waals surface area contributed by atoms with Crippen molar-refractivity contribution in [1.29, 1.82) is 0 Å². The molecule has 1 aromatic carbocycles. The topological polar surface area (TPSA) is 58.9 Å². The van der Waals surface area contributed by atoms with Crippen molar-refractivity contribution in [2.45, 2.75) is 32.2 Å². The predicted octanol–water partition coefficient (Wildman–Crippen LogP) is 1.91. The Labute approximate surface area is 94.4 Å². The molecule has 1 aromatic rings. The number of hydrogen-bond donors (Lipinski definition) is 2. The van der Waals surface area contributed by atoms with Gasteiger partial charge in [0, 0.05) is 11.1 Å². The maximum Gasteiger partial charge on any atom is 0.125 e. The zero-order valence-electron chi connectivity index (χ0n) is 9.60. The number of aliphatic hydroxyl groups is 1. The van der Waals surface area contributed by atoms with Crippen molar-refractivity contribution in [2.75, 3.05) is 7.11 Å². The molecule has 0 spiro atoms. The third-order valence-electron chi connectivity index (χ3n) is 3.01. The molecule has 0 fully saturated rings. The minimum atomic E-state index is -0.818. The summed E-state index contributed by atoms with van der Waals surface area (Å²) in [7, 11) is 1.56. The van der Waals surface area contributed by atoms with Gasteiger partial charge in [-0.1, -0.05) is 0 Å². The van der Waals surface area contributed by atoms with E-state index < -0.39 is 6.10 Å². The summed E-state index contributed by atoms with van der Waals surface area (Å²) in [6.45, 7) is 3.66. The van der Waals surface area contributed by atoms with Crippen molar-refractivity contribution in [3.8, 4) is 11.5 Å². The van der Waals surface area contributed by atoms with Crippen LogP contribution in [0.25, 0.3) is 0 Å². The highest BCUT2D eigenvalue weighted by Crippen LogP contribution is 2.45. The number of methoxy groups -OCH3 is 1. The molecule has 0 amide bonds. The van der Waals surface area contributed by atoms with E-state index in [2.05, 4.69) is 0 Å². The second kappa shape index (κ2) is 3.96. The summed E-state index contributed by atoms with van der Waals surface area (Å²) in [5, 5.41) is 19.8. The second-order valence-electron chi connectivity index (χ2n) is 4.04. The molecule has 16 heavy (non-hydrogen) atoms. The van der Waals surface area contributed by atoms with Gasteiger partial charge >= 0.3 is 0 Å². The van der Waals surface area contributed by atoms with E-state index in [1.54, 1.807) is 20.1 Å². The van der Waals surface area contributed by atoms with Gasteiger partial charge in [0.2, 0.25) is 0 Å². The summed E-state index contributed by atoms with van der Waals surface area (Å²) in [6, 6.07) is 3.21. The van der Waals surface area contributed by atoms with Gasteiger partial charge in [0.1, 0.15) is 17.6 Å². The fourth-order valence-corrected chi connectivity index (χ4v) is 2.21. The molecule has 0 aromatic heterocycles. The molecular weight excluding hydrogens is 208 g/mol. The molecule has 0 bridgehead atoms. The number of aliphatic hydroxyl groups excluding tert-OH is 1. The van der Waals surface area contributed by atoms with Gasteiger partial charge in [-0.3, -0.25) is 0 Å². The largest absolute Gasteiger partial charge is 0.508 e. The maximum absolute atomic E-state index is 10.0. The van der Waals surface area contributed by atoms with Gasteiger partial charge in [-0.25, -0.2) is 0 Å². The molecular formula is C12H16O4. The molecule has 88 valence electrons. The normalized spacial score (nSPS) is 28.6. The Kier molecular flexibility index (Phi) is 2.78. The quantitative estimate of drug-likeness (QED) is 0.765. The van der Waals surface area contributed by atoms with Crippen molar-refractivity contribution in [3.05, 3.63) is 23.3 Å². The molecule has 0 saturated heterocycles. The first-order chi connectivity index (χ1) is 7.56. The fourth-order valence-electron chi connectivity index (χ4n) is 2.21.